The molecule has 0 saturated heterocycles. The molecule has 16 rings (SSSR count). The Balaban J connectivity index is 0.000000165. The summed E-state index contributed by atoms with van der Waals surface area (Å²) < 4.78 is 0. The molecular formula is C85H72Al2N4O6Si. The molecule has 0 saturated carbocycles. The number of hydrogen-bond donors (Lipinski definition) is 0. The van der Waals surface area contributed by atoms with Crippen LogP contribution in [0, 0.1) is 48.5 Å². The third-order valence-electron chi connectivity index (χ3n) is 15.3. The predicted molar refractivity (Wildman–Crippen MR) is 397 cm³/mol. The molecule has 0 radical (unpaired) electrons. The van der Waals surface area contributed by atoms with Crippen molar-refractivity contribution in [3.05, 3.63) is 349 Å². The van der Waals surface area contributed by atoms with E-state index in [4.69, 9.17) is 0 Å². The number of hydrogen-bond acceptors (Lipinski definition) is 10. The van der Waals surface area contributed by atoms with Gasteiger partial charge in [-0.15, -0.1) is 0 Å². The van der Waals surface area contributed by atoms with Gasteiger partial charge in [0, 0.05) is 22.8 Å². The molecule has 11 aromatic carbocycles. The van der Waals surface area contributed by atoms with Crippen molar-refractivity contribution in [2.75, 3.05) is 0 Å². The first kappa shape index (κ1) is 74.9. The first-order valence-corrected chi connectivity index (χ1v) is 33.2. The largest absolute Gasteiger partial charge is 3.00 e. The second-order valence-corrected chi connectivity index (χ2v) is 25.2. The Morgan fingerprint density at radius 3 is 0.827 bits per heavy atom. The number of para-hydroxylation sites is 4. The Bertz CT molecular complexity index is 4580. The van der Waals surface area contributed by atoms with Crippen molar-refractivity contribution in [2.45, 2.75) is 48.5 Å². The van der Waals surface area contributed by atoms with Crippen LogP contribution in [-0.2, 0) is 0 Å². The third kappa shape index (κ3) is 20.5. The molecule has 1 aliphatic heterocycles. The quantitative estimate of drug-likeness (QED) is 0.151. The topological polar surface area (TPSA) is 190 Å². The van der Waals surface area contributed by atoms with Crippen LogP contribution in [0.15, 0.2) is 309 Å². The molecule has 0 N–H and O–H groups in total. The molecule has 5 heterocycles. The first-order chi connectivity index (χ1) is 46.4. The maximum absolute atomic E-state index is 13.4. The zero-order valence-corrected chi connectivity index (χ0v) is 59.1. The van der Waals surface area contributed by atoms with Gasteiger partial charge in [-0.2, -0.15) is 0 Å². The van der Waals surface area contributed by atoms with Gasteiger partial charge in [-0.3, -0.25) is 19.9 Å². The Kier molecular flexibility index (Phi) is 27.9. The molecule has 15 aromatic rings. The Hall–Kier alpha value is -10.5. The molecule has 1 aliphatic rings. The van der Waals surface area contributed by atoms with Crippen molar-refractivity contribution >= 4 is 97.3 Å². The van der Waals surface area contributed by atoms with E-state index in [2.05, 4.69) is 89.2 Å². The smallest absolute Gasteiger partial charge is 0.871 e. The predicted octanol–water partition coefficient (Wildman–Crippen LogP) is 14.0. The third-order valence-corrected chi connectivity index (χ3v) is 17.7. The average Bonchev–Trinajstić information content (AvgIpc) is 1.56. The van der Waals surface area contributed by atoms with E-state index in [1.54, 1.807) is 36.4 Å². The number of benzene rings is 11. The summed E-state index contributed by atoms with van der Waals surface area (Å²) in [5.41, 5.74) is 15.2. The van der Waals surface area contributed by atoms with Crippen LogP contribution in [0.4, 0.5) is 0 Å². The number of aromatic nitrogens is 4. The molecule has 13 heteroatoms. The molecule has 4 aromatic heterocycles. The first-order valence-electron chi connectivity index (χ1n) is 31.4. The van der Waals surface area contributed by atoms with Crippen molar-refractivity contribution in [1.29, 1.82) is 0 Å². The van der Waals surface area contributed by atoms with Crippen molar-refractivity contribution < 1.29 is 30.0 Å². The molecule has 0 atom stereocenters. The molecule has 478 valence electrons. The number of fused-ring (bicyclic) bond motifs is 7. The summed E-state index contributed by atoms with van der Waals surface area (Å²) in [6.45, 7) is 13.8. The van der Waals surface area contributed by atoms with E-state index in [0.29, 0.717) is 32.4 Å². The summed E-state index contributed by atoms with van der Waals surface area (Å²) in [5, 5.41) is 49.6. The Labute approximate surface area is 596 Å². The summed E-state index contributed by atoms with van der Waals surface area (Å²) in [6.07, 6.45) is 0. The van der Waals surface area contributed by atoms with Gasteiger partial charge in [0.15, 0.2) is 0 Å². The fourth-order valence-corrected chi connectivity index (χ4v) is 12.8. The number of rotatable bonds is 2. The van der Waals surface area contributed by atoms with E-state index in [-0.39, 0.29) is 57.7 Å². The molecule has 0 spiro atoms. The van der Waals surface area contributed by atoms with Gasteiger partial charge >= 0.3 is 34.7 Å². The van der Waals surface area contributed by atoms with Crippen LogP contribution in [0.2, 0.25) is 0 Å². The zero-order chi connectivity index (χ0) is 68.0. The molecule has 0 bridgehead atoms. The van der Waals surface area contributed by atoms with E-state index in [9.17, 15) is 30.0 Å². The Morgan fingerprint density at radius 1 is 0.245 bits per heavy atom. The van der Waals surface area contributed by atoms with Crippen LogP contribution in [0.25, 0.3) is 77.0 Å². The molecule has 0 amide bonds. The number of aryl methyl sites for hydroxylation is 7. The summed E-state index contributed by atoms with van der Waals surface area (Å²) in [4.78, 5) is 43.4. The van der Waals surface area contributed by atoms with Crippen LogP contribution in [0.5, 0.6) is 23.0 Å². The van der Waals surface area contributed by atoms with E-state index in [1.165, 1.54) is 41.0 Å². The average molecular weight is 1330 g/mol. The normalized spacial score (nSPS) is 10.8. The van der Waals surface area contributed by atoms with Gasteiger partial charge < -0.3 is 30.0 Å². The van der Waals surface area contributed by atoms with Gasteiger partial charge in [0.1, 0.15) is 0 Å². The van der Waals surface area contributed by atoms with Crippen LogP contribution in [-0.4, -0.2) is 63.2 Å². The van der Waals surface area contributed by atoms with Gasteiger partial charge in [0.25, 0.3) is 0 Å². The van der Waals surface area contributed by atoms with Crippen LogP contribution < -0.4 is 40.4 Å². The fraction of sp³-hybridized carbons (Fsp3) is 0.0824. The van der Waals surface area contributed by atoms with Crippen molar-refractivity contribution in [1.82, 2.24) is 19.9 Å². The number of nitrogens with zero attached hydrogens (tertiary/aromatic N) is 4. The fourth-order valence-electron chi connectivity index (χ4n) is 10.5. The summed E-state index contributed by atoms with van der Waals surface area (Å²) in [5.74, 6) is -0.0141. The van der Waals surface area contributed by atoms with E-state index in [0.717, 1.165) is 77.7 Å². The summed E-state index contributed by atoms with van der Waals surface area (Å²) in [6, 6.07) is 98.0. The van der Waals surface area contributed by atoms with Crippen molar-refractivity contribution in [2.24, 2.45) is 0 Å². The SMILES string of the molecule is Cc1ccc2cccc([O-])c2n1.Cc1ccc2cccc([O-])c2n1.Cc1ccc2cccc([O-])c2n1.Cc1ccc2cccc([O-])c2n1.Cc1ccccc1.Cc1ccccc1.Cc1ccccc1.[Al+3].[Al+3].[O-][Si]1([O-])c2ccccc2-c2cc(-c3ccccc3)cc(-c3ccccc3)c21. The van der Waals surface area contributed by atoms with Crippen LogP contribution in [0.3, 0.4) is 0 Å². The van der Waals surface area contributed by atoms with Gasteiger partial charge in [0.05, 0.1) is 22.1 Å². The molecular weight excluding hydrogens is 1260 g/mol. The molecule has 0 fully saturated rings. The molecule has 98 heavy (non-hydrogen) atoms. The summed E-state index contributed by atoms with van der Waals surface area (Å²) in [7, 11) is -4.23. The summed E-state index contributed by atoms with van der Waals surface area (Å²) >= 11 is 0. The van der Waals surface area contributed by atoms with Gasteiger partial charge in [-0.05, 0) is 140 Å². The molecule has 0 aliphatic carbocycles. The van der Waals surface area contributed by atoms with E-state index in [1.807, 2.05) is 228 Å². The van der Waals surface area contributed by atoms with Gasteiger partial charge in [0.2, 0.25) is 0 Å². The van der Waals surface area contributed by atoms with E-state index >= 15 is 0 Å². The van der Waals surface area contributed by atoms with Crippen LogP contribution >= 0.6 is 0 Å². The van der Waals surface area contributed by atoms with E-state index < -0.39 is 8.56 Å². The minimum absolute atomic E-state index is 0. The zero-order valence-electron chi connectivity index (χ0n) is 55.8. The Morgan fingerprint density at radius 2 is 0.520 bits per heavy atom. The van der Waals surface area contributed by atoms with Crippen LogP contribution in [0.1, 0.15) is 39.5 Å². The number of pyridine rings is 4. The van der Waals surface area contributed by atoms with Gasteiger partial charge in [-0.1, -0.05) is 332 Å². The van der Waals surface area contributed by atoms with Gasteiger partial charge in [-0.25, -0.2) is 0 Å². The second-order valence-electron chi connectivity index (χ2n) is 22.9. The van der Waals surface area contributed by atoms with Crippen molar-refractivity contribution in [3.63, 3.8) is 0 Å². The maximum atomic E-state index is 13.4. The second kappa shape index (κ2) is 36.5. The maximum Gasteiger partial charge on any atom is 3.00 e. The standard InChI is InChI=1S/C24H16O2Si.4C10H9NO.3C7H8.2Al/c25-27(26)23-14-8-7-13-20(23)22-16-19(17-9-3-1-4-10-17)15-21(24(22)27)18-11-5-2-6-12-18;4*1-7-5-6-8-3-2-4-9(12)10(8)11-7;3*1-7-5-3-2-4-6-7;;/h1-16H;4*2-6,12H,1H3;3*2-6H,1H3;;/q-2;;;;;;;;2*+3/p-4. The molecule has 10 nitrogen and oxygen atoms in total. The minimum atomic E-state index is -4.23. The minimum Gasteiger partial charge on any atom is -0.871 e. The van der Waals surface area contributed by atoms with Crippen molar-refractivity contribution in [3.8, 4) is 56.4 Å². The monoisotopic (exact) mass is 1330 g/mol. The molecule has 0 unspecified atom stereocenters.